The van der Waals surface area contributed by atoms with Crippen molar-refractivity contribution >= 4 is 29.9 Å². The summed E-state index contributed by atoms with van der Waals surface area (Å²) in [5.41, 5.74) is 0.494. The monoisotopic (exact) mass is 346 g/mol. The molecule has 1 fully saturated rings. The van der Waals surface area contributed by atoms with Crippen molar-refractivity contribution in [3.8, 4) is 5.75 Å². The fraction of sp³-hybridized carbons (Fsp3) is 0.562. The molecule has 2 N–H and O–H groups in total. The molecule has 1 aromatic carbocycles. The van der Waals surface area contributed by atoms with Crippen LogP contribution in [-0.2, 0) is 0 Å². The molecule has 0 radical (unpaired) electrons. The molecule has 1 aliphatic rings. The van der Waals surface area contributed by atoms with Gasteiger partial charge < -0.3 is 15.4 Å². The zero-order chi connectivity index (χ0) is 15.4. The normalized spacial score (nSPS) is 21.1. The summed E-state index contributed by atoms with van der Waals surface area (Å²) in [5.74, 6) is 0.442. The summed E-state index contributed by atoms with van der Waals surface area (Å²) in [6, 6.07) is 5.56. The highest BCUT2D eigenvalue weighted by Crippen LogP contribution is 2.24. The number of rotatable bonds is 4. The molecule has 4 nitrogen and oxygen atoms in total. The van der Waals surface area contributed by atoms with Gasteiger partial charge in [-0.3, -0.25) is 4.79 Å². The predicted molar refractivity (Wildman–Crippen MR) is 92.4 cm³/mol. The van der Waals surface area contributed by atoms with Gasteiger partial charge in [0.25, 0.3) is 5.91 Å². The summed E-state index contributed by atoms with van der Waals surface area (Å²) in [5, 5.41) is 6.99. The highest BCUT2D eigenvalue weighted by atomic mass is 35.5. The number of hydrogen-bond donors (Lipinski definition) is 2. The summed E-state index contributed by atoms with van der Waals surface area (Å²) in [4.78, 5) is 12.5. The van der Waals surface area contributed by atoms with E-state index < -0.39 is 0 Å². The van der Waals surface area contributed by atoms with Crippen LogP contribution in [0.5, 0.6) is 5.75 Å². The molecule has 0 saturated carbocycles. The number of nitrogens with one attached hydrogen (secondary N) is 2. The number of piperidine rings is 1. The van der Waals surface area contributed by atoms with Gasteiger partial charge in [-0.25, -0.2) is 0 Å². The number of benzene rings is 1. The van der Waals surface area contributed by atoms with Crippen LogP contribution >= 0.6 is 24.0 Å². The van der Waals surface area contributed by atoms with Crippen LogP contribution in [0.4, 0.5) is 0 Å². The Kier molecular flexibility index (Phi) is 7.46. The second-order valence-corrected chi connectivity index (χ2v) is 6.21. The van der Waals surface area contributed by atoms with E-state index in [0.717, 1.165) is 19.4 Å². The zero-order valence-corrected chi connectivity index (χ0v) is 14.8. The molecule has 2 unspecified atom stereocenters. The van der Waals surface area contributed by atoms with E-state index in [2.05, 4.69) is 17.6 Å². The Balaban J connectivity index is 0.00000242. The molecular formula is C16H24Cl2N2O2. The number of ether oxygens (including phenoxy) is 1. The van der Waals surface area contributed by atoms with Gasteiger partial charge in [0.1, 0.15) is 5.75 Å². The molecule has 0 spiro atoms. The summed E-state index contributed by atoms with van der Waals surface area (Å²) in [6.07, 6.45) is 2.06. The quantitative estimate of drug-likeness (QED) is 0.878. The molecule has 1 saturated heterocycles. The van der Waals surface area contributed by atoms with Gasteiger partial charge in [-0.05, 0) is 58.4 Å². The van der Waals surface area contributed by atoms with Crippen molar-refractivity contribution in [1.82, 2.24) is 10.6 Å². The Morgan fingerprint density at radius 1 is 1.45 bits per heavy atom. The first-order chi connectivity index (χ1) is 9.97. The van der Waals surface area contributed by atoms with E-state index in [-0.39, 0.29) is 36.5 Å². The van der Waals surface area contributed by atoms with Crippen LogP contribution in [0.1, 0.15) is 44.0 Å². The fourth-order valence-electron chi connectivity index (χ4n) is 2.52. The molecule has 1 heterocycles. The smallest absolute Gasteiger partial charge is 0.255 e. The maximum Gasteiger partial charge on any atom is 0.255 e. The van der Waals surface area contributed by atoms with Gasteiger partial charge >= 0.3 is 0 Å². The molecular weight excluding hydrogens is 323 g/mol. The van der Waals surface area contributed by atoms with E-state index in [4.69, 9.17) is 16.3 Å². The van der Waals surface area contributed by atoms with Crippen molar-refractivity contribution in [3.63, 3.8) is 0 Å². The van der Waals surface area contributed by atoms with E-state index in [1.54, 1.807) is 18.2 Å². The van der Waals surface area contributed by atoms with Gasteiger partial charge in [0.05, 0.1) is 11.7 Å². The van der Waals surface area contributed by atoms with Crippen molar-refractivity contribution < 1.29 is 9.53 Å². The molecule has 0 aromatic heterocycles. The van der Waals surface area contributed by atoms with E-state index >= 15 is 0 Å². The Bertz CT molecular complexity index is 509. The van der Waals surface area contributed by atoms with Gasteiger partial charge in [-0.1, -0.05) is 11.6 Å². The van der Waals surface area contributed by atoms with Crippen molar-refractivity contribution in [2.75, 3.05) is 6.54 Å². The third-order valence-electron chi connectivity index (χ3n) is 3.63. The maximum absolute atomic E-state index is 12.5. The topological polar surface area (TPSA) is 50.4 Å². The van der Waals surface area contributed by atoms with Crippen molar-refractivity contribution in [3.05, 3.63) is 28.8 Å². The van der Waals surface area contributed by atoms with Crippen LogP contribution in [-0.4, -0.2) is 30.6 Å². The third kappa shape index (κ3) is 5.04. The lowest BCUT2D eigenvalue weighted by Crippen LogP contribution is -2.51. The molecule has 124 valence electrons. The summed E-state index contributed by atoms with van der Waals surface area (Å²) >= 11 is 6.02. The van der Waals surface area contributed by atoms with E-state index in [1.165, 1.54) is 0 Å². The molecule has 2 rings (SSSR count). The fourth-order valence-corrected chi connectivity index (χ4v) is 2.70. The largest absolute Gasteiger partial charge is 0.490 e. The summed E-state index contributed by atoms with van der Waals surface area (Å²) in [7, 11) is 0. The van der Waals surface area contributed by atoms with Crippen LogP contribution in [0.25, 0.3) is 0 Å². The van der Waals surface area contributed by atoms with Crippen LogP contribution in [0.3, 0.4) is 0 Å². The van der Waals surface area contributed by atoms with E-state index in [1.807, 2.05) is 13.8 Å². The van der Waals surface area contributed by atoms with Crippen LogP contribution in [0.15, 0.2) is 18.2 Å². The van der Waals surface area contributed by atoms with Crippen molar-refractivity contribution in [1.29, 1.82) is 0 Å². The highest BCUT2D eigenvalue weighted by Gasteiger charge is 2.24. The van der Waals surface area contributed by atoms with Gasteiger partial charge in [0.2, 0.25) is 0 Å². The average Bonchev–Trinajstić information content (AvgIpc) is 2.43. The molecule has 2 atom stereocenters. The average molecular weight is 347 g/mol. The van der Waals surface area contributed by atoms with Gasteiger partial charge in [-0.2, -0.15) is 0 Å². The zero-order valence-electron chi connectivity index (χ0n) is 13.2. The first kappa shape index (κ1) is 19.1. The van der Waals surface area contributed by atoms with Gasteiger partial charge in [0, 0.05) is 17.1 Å². The van der Waals surface area contributed by atoms with Crippen LogP contribution in [0, 0.1) is 0 Å². The molecule has 0 aliphatic carbocycles. The lowest BCUT2D eigenvalue weighted by Gasteiger charge is -2.30. The van der Waals surface area contributed by atoms with Gasteiger partial charge in [-0.15, -0.1) is 12.4 Å². The Hall–Kier alpha value is -0.970. The molecule has 1 aliphatic heterocycles. The number of carbonyl (C=O) groups excluding carboxylic acids is 1. The van der Waals surface area contributed by atoms with Crippen molar-refractivity contribution in [2.45, 2.75) is 51.8 Å². The summed E-state index contributed by atoms with van der Waals surface area (Å²) < 4.78 is 5.70. The minimum Gasteiger partial charge on any atom is -0.490 e. The van der Waals surface area contributed by atoms with Gasteiger partial charge in [0.15, 0.2) is 0 Å². The second-order valence-electron chi connectivity index (χ2n) is 5.77. The predicted octanol–water partition coefficient (Wildman–Crippen LogP) is 3.42. The second kappa shape index (κ2) is 8.61. The van der Waals surface area contributed by atoms with E-state index in [0.29, 0.717) is 16.3 Å². The molecule has 1 aromatic rings. The van der Waals surface area contributed by atoms with E-state index in [9.17, 15) is 4.79 Å². The Morgan fingerprint density at radius 2 is 2.18 bits per heavy atom. The Morgan fingerprint density at radius 3 is 2.82 bits per heavy atom. The molecule has 0 bridgehead atoms. The first-order valence-corrected chi connectivity index (χ1v) is 7.85. The minimum atomic E-state index is -0.131. The molecule has 1 amide bonds. The number of carbonyl (C=O) groups is 1. The Labute approximate surface area is 143 Å². The first-order valence-electron chi connectivity index (χ1n) is 7.48. The number of halogens is 2. The third-order valence-corrected chi connectivity index (χ3v) is 3.86. The lowest BCUT2D eigenvalue weighted by atomic mass is 9.99. The van der Waals surface area contributed by atoms with Crippen LogP contribution in [0.2, 0.25) is 5.02 Å². The van der Waals surface area contributed by atoms with Crippen LogP contribution < -0.4 is 15.4 Å². The standard InChI is InChI=1S/C16H23ClN2O2.ClH/c1-10(2)21-15-7-6-12(17)9-13(15)16(20)19-14-5-4-8-18-11(14)3;/h6-7,9-11,14,18H,4-5,8H2,1-3H3,(H,19,20);1H. The maximum atomic E-state index is 12.5. The summed E-state index contributed by atoms with van der Waals surface area (Å²) in [6.45, 7) is 6.97. The molecule has 22 heavy (non-hydrogen) atoms. The number of hydrogen-bond acceptors (Lipinski definition) is 3. The SMILES string of the molecule is CC(C)Oc1ccc(Cl)cc1C(=O)NC1CCCNC1C.Cl. The highest BCUT2D eigenvalue weighted by molar-refractivity contribution is 6.31. The minimum absolute atomic E-state index is 0. The molecule has 6 heteroatoms. The number of amides is 1. The van der Waals surface area contributed by atoms with Crippen molar-refractivity contribution in [2.24, 2.45) is 0 Å². The lowest BCUT2D eigenvalue weighted by molar-refractivity contribution is 0.0914.